The number of oxazole rings is 1. The number of hydrogen-bond acceptors (Lipinski definition) is 6. The Morgan fingerprint density at radius 3 is 2.70 bits per heavy atom. The van der Waals surface area contributed by atoms with Gasteiger partial charge in [0.05, 0.1) is 17.4 Å². The average molecular weight is 368 g/mol. The molecule has 1 amide bonds. The highest BCUT2D eigenvalue weighted by Gasteiger charge is 2.18. The highest BCUT2D eigenvalue weighted by Crippen LogP contribution is 2.27. The van der Waals surface area contributed by atoms with Crippen LogP contribution in [0.5, 0.6) is 0 Å². The second kappa shape index (κ2) is 8.50. The molecule has 8 nitrogen and oxygen atoms in total. The minimum absolute atomic E-state index is 0.219. The SMILES string of the molecule is CCN(CC)CCNC(=O)c1coc(-c2cnn(-c3ccccc3)c2N)n1. The van der Waals surface area contributed by atoms with E-state index in [-0.39, 0.29) is 17.5 Å². The summed E-state index contributed by atoms with van der Waals surface area (Å²) in [6, 6.07) is 9.53. The molecular formula is C19H24N6O2. The number of likely N-dealkylation sites (N-methyl/N-ethyl adjacent to an activating group) is 1. The molecule has 0 aliphatic carbocycles. The van der Waals surface area contributed by atoms with Crippen LogP contribution in [0.4, 0.5) is 5.82 Å². The molecule has 27 heavy (non-hydrogen) atoms. The first-order valence-corrected chi connectivity index (χ1v) is 8.99. The number of carbonyl (C=O) groups is 1. The number of benzene rings is 1. The Labute approximate surface area is 158 Å². The number of anilines is 1. The predicted molar refractivity (Wildman–Crippen MR) is 104 cm³/mol. The fourth-order valence-electron chi connectivity index (χ4n) is 2.76. The minimum atomic E-state index is -0.272. The largest absolute Gasteiger partial charge is 0.443 e. The Hall–Kier alpha value is -3.13. The zero-order chi connectivity index (χ0) is 19.2. The quantitative estimate of drug-likeness (QED) is 0.632. The molecule has 0 bridgehead atoms. The van der Waals surface area contributed by atoms with Crippen LogP contribution in [0.3, 0.4) is 0 Å². The lowest BCUT2D eigenvalue weighted by molar-refractivity contribution is 0.0944. The van der Waals surface area contributed by atoms with Crippen molar-refractivity contribution in [2.24, 2.45) is 0 Å². The maximum Gasteiger partial charge on any atom is 0.273 e. The van der Waals surface area contributed by atoms with E-state index < -0.39 is 0 Å². The molecule has 3 N–H and O–H groups in total. The van der Waals surface area contributed by atoms with Crippen molar-refractivity contribution >= 4 is 11.7 Å². The van der Waals surface area contributed by atoms with E-state index >= 15 is 0 Å². The van der Waals surface area contributed by atoms with Crippen molar-refractivity contribution in [2.45, 2.75) is 13.8 Å². The van der Waals surface area contributed by atoms with Gasteiger partial charge in [-0.25, -0.2) is 9.67 Å². The molecule has 0 aliphatic heterocycles. The van der Waals surface area contributed by atoms with Crippen LogP contribution in [0.25, 0.3) is 17.1 Å². The second-order valence-electron chi connectivity index (χ2n) is 6.01. The normalized spacial score (nSPS) is 11.1. The van der Waals surface area contributed by atoms with E-state index in [2.05, 4.69) is 34.1 Å². The van der Waals surface area contributed by atoms with Gasteiger partial charge in [0.2, 0.25) is 5.89 Å². The number of rotatable bonds is 8. The van der Waals surface area contributed by atoms with Crippen LogP contribution in [0.1, 0.15) is 24.3 Å². The molecule has 3 aromatic rings. The molecule has 1 aromatic carbocycles. The molecule has 0 spiro atoms. The fraction of sp³-hybridized carbons (Fsp3) is 0.316. The molecule has 2 aromatic heterocycles. The Bertz CT molecular complexity index is 883. The van der Waals surface area contributed by atoms with E-state index in [1.54, 1.807) is 10.9 Å². The van der Waals surface area contributed by atoms with Gasteiger partial charge in [-0.1, -0.05) is 32.0 Å². The molecule has 3 rings (SSSR count). The van der Waals surface area contributed by atoms with E-state index in [1.807, 2.05) is 30.3 Å². The smallest absolute Gasteiger partial charge is 0.273 e. The van der Waals surface area contributed by atoms with Crippen molar-refractivity contribution in [1.82, 2.24) is 25.0 Å². The van der Waals surface area contributed by atoms with Crippen molar-refractivity contribution in [2.75, 3.05) is 31.9 Å². The van der Waals surface area contributed by atoms with Gasteiger partial charge in [0.1, 0.15) is 12.1 Å². The number of para-hydroxylation sites is 1. The van der Waals surface area contributed by atoms with Crippen molar-refractivity contribution in [3.05, 3.63) is 48.5 Å². The lowest BCUT2D eigenvalue weighted by atomic mass is 10.3. The standard InChI is InChI=1S/C19H24N6O2/c1-3-24(4-2)11-10-21-18(26)16-13-27-19(23-16)15-12-22-25(17(15)20)14-8-6-5-7-9-14/h5-9,12-13H,3-4,10-11,20H2,1-2H3,(H,21,26). The zero-order valence-electron chi connectivity index (χ0n) is 15.6. The molecule has 0 atom stereocenters. The van der Waals surface area contributed by atoms with Crippen molar-refractivity contribution in [3.8, 4) is 17.1 Å². The summed E-state index contributed by atoms with van der Waals surface area (Å²) < 4.78 is 7.06. The first-order chi connectivity index (χ1) is 13.1. The van der Waals surface area contributed by atoms with E-state index in [4.69, 9.17) is 10.2 Å². The van der Waals surface area contributed by atoms with Crippen LogP contribution in [0.2, 0.25) is 0 Å². The topological polar surface area (TPSA) is 102 Å². The van der Waals surface area contributed by atoms with E-state index in [9.17, 15) is 4.79 Å². The van der Waals surface area contributed by atoms with Gasteiger partial charge in [0.15, 0.2) is 5.69 Å². The van der Waals surface area contributed by atoms with Crippen LogP contribution in [0, 0.1) is 0 Å². The number of nitrogens with two attached hydrogens (primary N) is 1. The summed E-state index contributed by atoms with van der Waals surface area (Å²) in [5, 5.41) is 7.14. The van der Waals surface area contributed by atoms with Crippen LogP contribution in [-0.4, -0.2) is 51.8 Å². The first kappa shape index (κ1) is 18.7. The summed E-state index contributed by atoms with van der Waals surface area (Å²) in [4.78, 5) is 18.7. The number of carbonyl (C=O) groups excluding carboxylic acids is 1. The third kappa shape index (κ3) is 4.17. The highest BCUT2D eigenvalue weighted by atomic mass is 16.3. The predicted octanol–water partition coefficient (Wildman–Crippen LogP) is 2.18. The fourth-order valence-corrected chi connectivity index (χ4v) is 2.76. The maximum absolute atomic E-state index is 12.3. The number of hydrogen-bond donors (Lipinski definition) is 2. The van der Waals surface area contributed by atoms with Gasteiger partial charge in [-0.15, -0.1) is 0 Å². The Kier molecular flexibility index (Phi) is 5.87. The molecule has 0 radical (unpaired) electrons. The molecule has 142 valence electrons. The minimum Gasteiger partial charge on any atom is -0.443 e. The molecule has 0 saturated heterocycles. The van der Waals surface area contributed by atoms with Gasteiger partial charge in [0.25, 0.3) is 5.91 Å². The number of nitrogen functional groups attached to an aromatic ring is 1. The Morgan fingerprint density at radius 2 is 2.00 bits per heavy atom. The molecule has 0 fully saturated rings. The van der Waals surface area contributed by atoms with Crippen molar-refractivity contribution in [3.63, 3.8) is 0 Å². The second-order valence-corrected chi connectivity index (χ2v) is 6.01. The summed E-state index contributed by atoms with van der Waals surface area (Å²) in [6.45, 7) is 7.43. The summed E-state index contributed by atoms with van der Waals surface area (Å²) in [6.07, 6.45) is 2.91. The molecule has 2 heterocycles. The molecule has 0 saturated carbocycles. The van der Waals surface area contributed by atoms with Crippen molar-refractivity contribution in [1.29, 1.82) is 0 Å². The molecular weight excluding hydrogens is 344 g/mol. The summed E-state index contributed by atoms with van der Waals surface area (Å²) in [5.41, 5.74) is 7.79. The van der Waals surface area contributed by atoms with Gasteiger partial charge in [-0.2, -0.15) is 5.10 Å². The molecule has 8 heteroatoms. The monoisotopic (exact) mass is 368 g/mol. The highest BCUT2D eigenvalue weighted by molar-refractivity contribution is 5.92. The number of nitrogens with zero attached hydrogens (tertiary/aromatic N) is 4. The first-order valence-electron chi connectivity index (χ1n) is 8.99. The molecule has 0 aliphatic rings. The van der Waals surface area contributed by atoms with Crippen LogP contribution < -0.4 is 11.1 Å². The van der Waals surface area contributed by atoms with Crippen LogP contribution >= 0.6 is 0 Å². The molecule has 0 unspecified atom stereocenters. The Balaban J connectivity index is 1.69. The van der Waals surface area contributed by atoms with Gasteiger partial charge in [-0.05, 0) is 25.2 Å². The third-order valence-electron chi connectivity index (χ3n) is 4.38. The number of amides is 1. The lowest BCUT2D eigenvalue weighted by Crippen LogP contribution is -2.34. The average Bonchev–Trinajstić information content (AvgIpc) is 3.32. The summed E-state index contributed by atoms with van der Waals surface area (Å²) in [7, 11) is 0. The van der Waals surface area contributed by atoms with Crippen molar-refractivity contribution < 1.29 is 9.21 Å². The summed E-state index contributed by atoms with van der Waals surface area (Å²) in [5.74, 6) is 0.395. The maximum atomic E-state index is 12.3. The summed E-state index contributed by atoms with van der Waals surface area (Å²) >= 11 is 0. The van der Waals surface area contributed by atoms with E-state index in [0.717, 1.165) is 25.3 Å². The zero-order valence-corrected chi connectivity index (χ0v) is 15.6. The number of aromatic nitrogens is 3. The van der Waals surface area contributed by atoms with Gasteiger partial charge in [-0.3, -0.25) is 4.79 Å². The van der Waals surface area contributed by atoms with E-state index in [0.29, 0.717) is 17.9 Å². The van der Waals surface area contributed by atoms with Crippen LogP contribution in [0.15, 0.2) is 47.2 Å². The van der Waals surface area contributed by atoms with Crippen LogP contribution in [-0.2, 0) is 0 Å². The Morgan fingerprint density at radius 1 is 1.26 bits per heavy atom. The lowest BCUT2D eigenvalue weighted by Gasteiger charge is -2.17. The van der Waals surface area contributed by atoms with Gasteiger partial charge < -0.3 is 20.4 Å². The third-order valence-corrected chi connectivity index (χ3v) is 4.38. The van der Waals surface area contributed by atoms with E-state index in [1.165, 1.54) is 6.26 Å². The number of nitrogens with one attached hydrogen (secondary N) is 1. The van der Waals surface area contributed by atoms with Gasteiger partial charge in [0, 0.05) is 13.1 Å². The van der Waals surface area contributed by atoms with Gasteiger partial charge >= 0.3 is 0 Å².